The third-order valence-electron chi connectivity index (χ3n) is 3.66. The Hall–Kier alpha value is -1.41. The number of benzene rings is 1. The van der Waals surface area contributed by atoms with Gasteiger partial charge in [-0.05, 0) is 37.1 Å². The summed E-state index contributed by atoms with van der Waals surface area (Å²) in [7, 11) is -3.58. The molecular formula is C15H15Cl2N3O3S. The van der Waals surface area contributed by atoms with Gasteiger partial charge in [0.1, 0.15) is 6.10 Å². The molecule has 24 heavy (non-hydrogen) atoms. The topological polar surface area (TPSA) is 72.4 Å². The molecule has 128 valence electrons. The van der Waals surface area contributed by atoms with Crippen molar-refractivity contribution in [2.45, 2.75) is 23.8 Å². The average Bonchev–Trinajstić information content (AvgIpc) is 2.58. The molecule has 1 saturated heterocycles. The van der Waals surface area contributed by atoms with Crippen LogP contribution in [0, 0.1) is 0 Å². The lowest BCUT2D eigenvalue weighted by atomic mass is 10.1. The molecule has 0 amide bonds. The molecular weight excluding hydrogens is 373 g/mol. The van der Waals surface area contributed by atoms with Crippen molar-refractivity contribution in [1.82, 2.24) is 14.3 Å². The van der Waals surface area contributed by atoms with E-state index in [-0.39, 0.29) is 23.6 Å². The molecule has 1 aromatic heterocycles. The van der Waals surface area contributed by atoms with Crippen LogP contribution in [0.3, 0.4) is 0 Å². The van der Waals surface area contributed by atoms with Crippen molar-refractivity contribution in [3.8, 4) is 6.01 Å². The summed E-state index contributed by atoms with van der Waals surface area (Å²) in [6, 6.07) is 6.33. The van der Waals surface area contributed by atoms with Gasteiger partial charge in [-0.1, -0.05) is 23.2 Å². The molecule has 0 spiro atoms. The van der Waals surface area contributed by atoms with Crippen molar-refractivity contribution in [2.24, 2.45) is 0 Å². The number of hydrogen-bond donors (Lipinski definition) is 0. The molecule has 2 aromatic rings. The minimum absolute atomic E-state index is 0.190. The molecule has 9 heteroatoms. The van der Waals surface area contributed by atoms with Crippen molar-refractivity contribution in [3.05, 3.63) is 46.7 Å². The highest BCUT2D eigenvalue weighted by molar-refractivity contribution is 7.89. The lowest BCUT2D eigenvalue weighted by molar-refractivity contribution is 0.119. The first-order valence-corrected chi connectivity index (χ1v) is 9.55. The number of hydrogen-bond acceptors (Lipinski definition) is 5. The molecule has 1 aromatic carbocycles. The first-order chi connectivity index (χ1) is 11.4. The van der Waals surface area contributed by atoms with Crippen LogP contribution in [0.1, 0.15) is 12.8 Å². The predicted octanol–water partition coefficient (Wildman–Crippen LogP) is 3.02. The van der Waals surface area contributed by atoms with E-state index < -0.39 is 10.0 Å². The Balaban J connectivity index is 1.72. The Morgan fingerprint density at radius 2 is 1.75 bits per heavy atom. The Labute approximate surface area is 150 Å². The van der Waals surface area contributed by atoms with Gasteiger partial charge in [0.2, 0.25) is 10.0 Å². The van der Waals surface area contributed by atoms with E-state index in [2.05, 4.69) is 9.97 Å². The quantitative estimate of drug-likeness (QED) is 0.805. The predicted molar refractivity (Wildman–Crippen MR) is 90.9 cm³/mol. The van der Waals surface area contributed by atoms with E-state index >= 15 is 0 Å². The van der Waals surface area contributed by atoms with Gasteiger partial charge in [-0.25, -0.2) is 18.4 Å². The van der Waals surface area contributed by atoms with E-state index in [1.165, 1.54) is 28.8 Å². The molecule has 1 atom stereocenters. The number of sulfonamides is 1. The van der Waals surface area contributed by atoms with Crippen molar-refractivity contribution in [1.29, 1.82) is 0 Å². The van der Waals surface area contributed by atoms with Crippen molar-refractivity contribution >= 4 is 33.2 Å². The Kier molecular flexibility index (Phi) is 5.24. The van der Waals surface area contributed by atoms with Gasteiger partial charge in [-0.2, -0.15) is 4.31 Å². The van der Waals surface area contributed by atoms with Crippen LogP contribution in [-0.4, -0.2) is 41.9 Å². The van der Waals surface area contributed by atoms with E-state index in [1.807, 2.05) is 0 Å². The number of rotatable bonds is 4. The zero-order valence-electron chi connectivity index (χ0n) is 12.6. The smallest absolute Gasteiger partial charge is 0.316 e. The van der Waals surface area contributed by atoms with Crippen LogP contribution in [0.4, 0.5) is 0 Å². The zero-order chi connectivity index (χ0) is 17.2. The van der Waals surface area contributed by atoms with Crippen LogP contribution >= 0.6 is 23.2 Å². The van der Waals surface area contributed by atoms with Gasteiger partial charge in [-0.15, -0.1) is 0 Å². The third-order valence-corrected chi connectivity index (χ3v) is 5.99. The normalized spacial score (nSPS) is 19.2. The highest BCUT2D eigenvalue weighted by Gasteiger charge is 2.31. The summed E-state index contributed by atoms with van der Waals surface area (Å²) in [6.07, 6.45) is 4.01. The molecule has 1 aliphatic heterocycles. The third kappa shape index (κ3) is 3.97. The summed E-state index contributed by atoms with van der Waals surface area (Å²) in [5.74, 6) is 0. The summed E-state index contributed by atoms with van der Waals surface area (Å²) < 4.78 is 32.5. The van der Waals surface area contributed by atoms with E-state index in [9.17, 15) is 8.42 Å². The van der Waals surface area contributed by atoms with Gasteiger partial charge in [0.25, 0.3) is 0 Å². The van der Waals surface area contributed by atoms with Gasteiger partial charge in [0.15, 0.2) is 0 Å². The summed E-state index contributed by atoms with van der Waals surface area (Å²) in [4.78, 5) is 8.18. The second-order valence-electron chi connectivity index (χ2n) is 5.38. The van der Waals surface area contributed by atoms with E-state index in [0.717, 1.165) is 6.42 Å². The summed E-state index contributed by atoms with van der Waals surface area (Å²) in [5, 5.41) is 0.909. The molecule has 0 bridgehead atoms. The highest BCUT2D eigenvalue weighted by Crippen LogP contribution is 2.23. The number of piperidine rings is 1. The van der Waals surface area contributed by atoms with Gasteiger partial charge >= 0.3 is 6.01 Å². The zero-order valence-corrected chi connectivity index (χ0v) is 14.9. The average molecular weight is 388 g/mol. The van der Waals surface area contributed by atoms with Crippen LogP contribution in [-0.2, 0) is 10.0 Å². The maximum Gasteiger partial charge on any atom is 0.316 e. The van der Waals surface area contributed by atoms with Crippen LogP contribution < -0.4 is 4.74 Å². The maximum atomic E-state index is 12.7. The summed E-state index contributed by atoms with van der Waals surface area (Å²) in [5.41, 5.74) is 0. The molecule has 0 radical (unpaired) electrons. The minimum Gasteiger partial charge on any atom is -0.459 e. The van der Waals surface area contributed by atoms with Crippen molar-refractivity contribution < 1.29 is 13.2 Å². The molecule has 0 N–H and O–H groups in total. The lowest BCUT2D eigenvalue weighted by Crippen LogP contribution is -2.44. The number of aromatic nitrogens is 2. The lowest BCUT2D eigenvalue weighted by Gasteiger charge is -2.31. The molecule has 0 saturated carbocycles. The Bertz CT molecular complexity index is 798. The summed E-state index contributed by atoms with van der Waals surface area (Å²) >= 11 is 11.6. The second kappa shape index (κ2) is 7.23. The van der Waals surface area contributed by atoms with E-state index in [4.69, 9.17) is 27.9 Å². The fourth-order valence-electron chi connectivity index (χ4n) is 2.49. The Morgan fingerprint density at radius 3 is 2.42 bits per heavy atom. The van der Waals surface area contributed by atoms with Crippen LogP contribution in [0.15, 0.2) is 41.6 Å². The molecule has 6 nitrogen and oxygen atoms in total. The van der Waals surface area contributed by atoms with Gasteiger partial charge in [0.05, 0.1) is 28.9 Å². The minimum atomic E-state index is -3.58. The van der Waals surface area contributed by atoms with E-state index in [0.29, 0.717) is 23.0 Å². The highest BCUT2D eigenvalue weighted by atomic mass is 35.5. The molecule has 2 heterocycles. The molecule has 1 aliphatic rings. The van der Waals surface area contributed by atoms with Crippen molar-refractivity contribution in [2.75, 3.05) is 13.1 Å². The molecule has 0 aliphatic carbocycles. The molecule has 3 rings (SSSR count). The first kappa shape index (κ1) is 17.4. The van der Waals surface area contributed by atoms with Gasteiger partial charge in [-0.3, -0.25) is 0 Å². The van der Waals surface area contributed by atoms with E-state index in [1.54, 1.807) is 12.1 Å². The van der Waals surface area contributed by atoms with Crippen LogP contribution in [0.2, 0.25) is 10.0 Å². The fraction of sp³-hybridized carbons (Fsp3) is 0.333. The molecule has 0 unspecified atom stereocenters. The maximum absolute atomic E-state index is 12.7. The largest absolute Gasteiger partial charge is 0.459 e. The first-order valence-electron chi connectivity index (χ1n) is 7.35. The standard InChI is InChI=1S/C15H15Cl2N3O3S/c16-11-3-5-14(6-4-11)24(21,22)20-7-1-2-13(10-20)23-15-18-8-12(17)9-19-15/h3-6,8-9,13H,1-2,7,10H2/t13-/m1/s1. The number of halogens is 2. The monoisotopic (exact) mass is 387 g/mol. The second-order valence-corrected chi connectivity index (χ2v) is 8.19. The van der Waals surface area contributed by atoms with Crippen LogP contribution in [0.25, 0.3) is 0 Å². The SMILES string of the molecule is O=S(=O)(c1ccc(Cl)cc1)N1CCC[C@@H](Oc2ncc(Cl)cn2)C1. The van der Waals surface area contributed by atoms with Crippen molar-refractivity contribution in [3.63, 3.8) is 0 Å². The van der Waals surface area contributed by atoms with Gasteiger partial charge in [0, 0.05) is 11.6 Å². The number of ether oxygens (including phenoxy) is 1. The Morgan fingerprint density at radius 1 is 1.08 bits per heavy atom. The van der Waals surface area contributed by atoms with Gasteiger partial charge < -0.3 is 4.74 Å². The van der Waals surface area contributed by atoms with Crippen LogP contribution in [0.5, 0.6) is 6.01 Å². The fourth-order valence-corrected chi connectivity index (χ4v) is 4.22. The number of nitrogens with zero attached hydrogens (tertiary/aromatic N) is 3. The molecule has 1 fully saturated rings. The summed E-state index contributed by atoms with van der Waals surface area (Å²) in [6.45, 7) is 0.698.